The molecule has 112 valence electrons. The zero-order valence-corrected chi connectivity index (χ0v) is 15.5. The van der Waals surface area contributed by atoms with Gasteiger partial charge in [0.05, 0.1) is 0 Å². The maximum absolute atomic E-state index is 11.9. The molecule has 3 aromatic rings. The Labute approximate surface area is 153 Å². The first-order valence-electron chi connectivity index (χ1n) is 7.13. The van der Waals surface area contributed by atoms with Crippen molar-refractivity contribution in [3.05, 3.63) is 59.8 Å². The fourth-order valence-corrected chi connectivity index (χ4v) is 2.61. The van der Waals surface area contributed by atoms with Crippen LogP contribution in [0.3, 0.4) is 0 Å². The van der Waals surface area contributed by atoms with E-state index in [0.29, 0.717) is 5.69 Å². The number of hydrogen-bond donors (Lipinski definition) is 1. The van der Waals surface area contributed by atoms with Crippen LogP contribution in [-0.2, 0) is 42.3 Å². The Bertz CT molecular complexity index is 853. The van der Waals surface area contributed by atoms with E-state index in [4.69, 9.17) is 4.74 Å². The molecule has 6 heteroatoms. The van der Waals surface area contributed by atoms with E-state index in [1.807, 2.05) is 49.4 Å². The van der Waals surface area contributed by atoms with Crippen molar-refractivity contribution >= 4 is 25.3 Å². The van der Waals surface area contributed by atoms with Crippen LogP contribution in [0.2, 0.25) is 0 Å². The molecule has 5 nitrogen and oxygen atoms in total. The molecule has 1 heterocycles. The Hall–Kier alpha value is -1.85. The third kappa shape index (κ3) is 4.12. The molecule has 1 aromatic heterocycles. The fraction of sp³-hybridized carbons (Fsp3) is 0.118. The van der Waals surface area contributed by atoms with E-state index in [1.165, 1.54) is 0 Å². The molecule has 0 unspecified atom stereocenters. The average Bonchev–Trinajstić information content (AvgIpc) is 2.55. The van der Waals surface area contributed by atoms with E-state index in [0.717, 1.165) is 55.7 Å². The van der Waals surface area contributed by atoms with Crippen molar-refractivity contribution in [2.75, 3.05) is 5.32 Å². The normalized spacial score (nSPS) is 10.4. The van der Waals surface area contributed by atoms with Gasteiger partial charge in [-0.25, -0.2) is 0 Å². The van der Waals surface area contributed by atoms with Crippen molar-refractivity contribution < 1.29 is 40.5 Å². The molecule has 0 aliphatic heterocycles. The van der Waals surface area contributed by atoms with Gasteiger partial charge in [-0.05, 0) is 0 Å². The number of fused-ring (bicyclic) bond motifs is 1. The Morgan fingerprint density at radius 1 is 1.13 bits per heavy atom. The van der Waals surface area contributed by atoms with Crippen LogP contribution in [0.15, 0.2) is 48.5 Å². The van der Waals surface area contributed by atoms with E-state index in [9.17, 15) is 4.79 Å². The molecular formula is C17H14N3O2Y. The molecule has 0 aliphatic carbocycles. The molecule has 0 spiro atoms. The average molecular weight is 381 g/mol. The molecule has 3 rings (SSSR count). The van der Waals surface area contributed by atoms with Gasteiger partial charge in [-0.1, -0.05) is 6.07 Å². The van der Waals surface area contributed by atoms with E-state index < -0.39 is 6.09 Å². The molecule has 0 radical (unpaired) electrons. The van der Waals surface area contributed by atoms with Crippen LogP contribution in [-0.4, -0.2) is 16.1 Å². The Balaban J connectivity index is 1.68. The first-order chi connectivity index (χ1) is 11.1. The van der Waals surface area contributed by atoms with Gasteiger partial charge in [0.25, 0.3) is 0 Å². The van der Waals surface area contributed by atoms with Gasteiger partial charge in [0, 0.05) is 0 Å². The number of nitrogens with zero attached hydrogens (tertiary/aromatic N) is 2. The van der Waals surface area contributed by atoms with Gasteiger partial charge in [-0.15, -0.1) is 0 Å². The molecule has 0 aliphatic rings. The number of nitrogens with one attached hydrogen (secondary N) is 1. The van der Waals surface area contributed by atoms with Crippen LogP contribution < -0.4 is 7.82 Å². The summed E-state index contributed by atoms with van der Waals surface area (Å²) in [6.45, 7) is 2.20. The minimum atomic E-state index is -0.487. The van der Waals surface area contributed by atoms with Crippen LogP contribution in [0.4, 0.5) is 10.5 Å². The fourth-order valence-electron chi connectivity index (χ4n) is 2.11. The zero-order chi connectivity index (χ0) is 16.2. The standard InChI is InChI=1S/C17H14N3O2.Y/c1-12-10-18-16-9-14(7-8-15(16)19-12)20-17(21)22-11-13-5-3-2-4-6-13;/h2-9H,11H2,1H3,(H,20,21);. The minimum absolute atomic E-state index is 0.240. The number of hydrogen-bond acceptors (Lipinski definition) is 4. The topological polar surface area (TPSA) is 64.1 Å². The molecule has 1 amide bonds. The van der Waals surface area contributed by atoms with Gasteiger partial charge in [-0.3, -0.25) is 0 Å². The zero-order valence-electron chi connectivity index (χ0n) is 12.6. The summed E-state index contributed by atoms with van der Waals surface area (Å²) in [6, 6.07) is 15.0. The number of carbonyl (C=O) groups excluding carboxylic acids is 1. The van der Waals surface area contributed by atoms with Crippen molar-refractivity contribution in [3.63, 3.8) is 0 Å². The predicted molar refractivity (Wildman–Crippen MR) is 84.2 cm³/mol. The van der Waals surface area contributed by atoms with Gasteiger partial charge in [0.15, 0.2) is 0 Å². The SMILES string of the molecule is Cc1nc2ccc(NC(=O)OCc3ccccc3)cc2n[c]1[Y]. The van der Waals surface area contributed by atoms with Gasteiger partial charge in [0.2, 0.25) is 0 Å². The molecule has 0 atom stereocenters. The summed E-state index contributed by atoms with van der Waals surface area (Å²) in [7, 11) is 0. The van der Waals surface area contributed by atoms with Crippen molar-refractivity contribution in [3.8, 4) is 0 Å². The van der Waals surface area contributed by atoms with Crippen LogP contribution in [0, 0.1) is 6.92 Å². The van der Waals surface area contributed by atoms with E-state index in [2.05, 4.69) is 15.3 Å². The van der Waals surface area contributed by atoms with Crippen LogP contribution in [0.1, 0.15) is 11.3 Å². The maximum atomic E-state index is 11.9. The van der Waals surface area contributed by atoms with E-state index in [-0.39, 0.29) is 6.61 Å². The van der Waals surface area contributed by atoms with Crippen LogP contribution >= 0.6 is 0 Å². The van der Waals surface area contributed by atoms with Crippen molar-refractivity contribution in [2.24, 2.45) is 0 Å². The second kappa shape index (κ2) is 7.15. The van der Waals surface area contributed by atoms with Crippen LogP contribution in [0.5, 0.6) is 0 Å². The number of benzene rings is 2. The number of aryl methyl sites for hydroxylation is 1. The third-order valence-corrected chi connectivity index (χ3v) is 4.68. The Morgan fingerprint density at radius 3 is 2.70 bits per heavy atom. The first kappa shape index (κ1) is 16.0. The van der Waals surface area contributed by atoms with Gasteiger partial charge < -0.3 is 0 Å². The number of aromatic nitrogens is 2. The molecular weight excluding hydrogens is 367 g/mol. The number of ether oxygens (including phenoxy) is 1. The van der Waals surface area contributed by atoms with E-state index >= 15 is 0 Å². The number of carbonyl (C=O) groups is 1. The molecule has 1 N–H and O–H groups in total. The van der Waals surface area contributed by atoms with Gasteiger partial charge in [0.1, 0.15) is 0 Å². The Morgan fingerprint density at radius 2 is 1.91 bits per heavy atom. The van der Waals surface area contributed by atoms with Crippen molar-refractivity contribution in [1.29, 1.82) is 0 Å². The predicted octanol–water partition coefficient (Wildman–Crippen LogP) is 2.86. The summed E-state index contributed by atoms with van der Waals surface area (Å²) in [4.78, 5) is 20.9. The molecule has 2 aromatic carbocycles. The molecule has 0 bridgehead atoms. The van der Waals surface area contributed by atoms with Gasteiger partial charge in [-0.2, -0.15) is 0 Å². The molecule has 0 fully saturated rings. The third-order valence-electron chi connectivity index (χ3n) is 3.33. The van der Waals surface area contributed by atoms with E-state index in [1.54, 1.807) is 6.07 Å². The summed E-state index contributed by atoms with van der Waals surface area (Å²) in [6.07, 6.45) is -0.487. The summed E-state index contributed by atoms with van der Waals surface area (Å²) in [5.41, 5.74) is 4.15. The Kier molecular flexibility index (Phi) is 4.98. The monoisotopic (exact) mass is 381 g/mol. The quantitative estimate of drug-likeness (QED) is 0.758. The molecule has 0 saturated heterocycles. The number of amides is 1. The molecule has 0 saturated carbocycles. The second-order valence-electron chi connectivity index (χ2n) is 5.08. The van der Waals surface area contributed by atoms with Gasteiger partial charge >= 0.3 is 148 Å². The summed E-state index contributed by atoms with van der Waals surface area (Å²) < 4.78 is 6.21. The summed E-state index contributed by atoms with van der Waals surface area (Å²) in [5, 5.41) is 2.72. The number of rotatable bonds is 3. The van der Waals surface area contributed by atoms with Crippen molar-refractivity contribution in [2.45, 2.75) is 13.5 Å². The second-order valence-corrected chi connectivity index (χ2v) is 6.43. The van der Waals surface area contributed by atoms with Crippen molar-refractivity contribution in [1.82, 2.24) is 9.97 Å². The summed E-state index contributed by atoms with van der Waals surface area (Å²) >= 11 is 0.911. The summed E-state index contributed by atoms with van der Waals surface area (Å²) in [5.74, 6) is 0. The number of anilines is 1. The molecule has 23 heavy (non-hydrogen) atoms. The van der Waals surface area contributed by atoms with Crippen LogP contribution in [0.25, 0.3) is 11.0 Å². The first-order valence-corrected chi connectivity index (χ1v) is 8.55.